The van der Waals surface area contributed by atoms with Crippen molar-refractivity contribution in [3.8, 4) is 0 Å². The van der Waals surface area contributed by atoms with Crippen LogP contribution in [-0.4, -0.2) is 88.0 Å². The lowest BCUT2D eigenvalue weighted by atomic mass is 10.1. The van der Waals surface area contributed by atoms with Crippen LogP contribution in [0.1, 0.15) is 20.3 Å². The van der Waals surface area contributed by atoms with Gasteiger partial charge in [-0.25, -0.2) is 0 Å². The minimum absolute atomic E-state index is 0.459. The van der Waals surface area contributed by atoms with Gasteiger partial charge in [-0.15, -0.1) is 0 Å². The highest BCUT2D eigenvalue weighted by Crippen LogP contribution is 2.13. The summed E-state index contributed by atoms with van der Waals surface area (Å²) in [6.45, 7) is 12.6. The van der Waals surface area contributed by atoms with Crippen molar-refractivity contribution < 1.29 is 9.47 Å². The number of hydrogen-bond acceptors (Lipinski definition) is 4. The van der Waals surface area contributed by atoms with Crippen LogP contribution in [0.3, 0.4) is 0 Å². The first-order chi connectivity index (χ1) is 10.7. The molecule has 2 saturated heterocycles. The zero-order valence-electron chi connectivity index (χ0n) is 14.4. The molecule has 0 aromatic carbocycles. The Bertz CT molecular complexity index is 339. The van der Waals surface area contributed by atoms with Crippen molar-refractivity contribution in [3.05, 3.63) is 0 Å². The Morgan fingerprint density at radius 2 is 2.09 bits per heavy atom. The van der Waals surface area contributed by atoms with Gasteiger partial charge in [-0.3, -0.25) is 9.89 Å². The third kappa shape index (κ3) is 5.41. The molecule has 0 bridgehead atoms. The molecule has 2 aliphatic heterocycles. The van der Waals surface area contributed by atoms with Crippen LogP contribution in [0.5, 0.6) is 0 Å². The van der Waals surface area contributed by atoms with Gasteiger partial charge in [0.25, 0.3) is 0 Å². The Labute approximate surface area is 134 Å². The molecule has 2 rings (SSSR count). The molecule has 0 aromatic rings. The van der Waals surface area contributed by atoms with Gasteiger partial charge < -0.3 is 19.7 Å². The maximum atomic E-state index is 5.47. The van der Waals surface area contributed by atoms with E-state index in [0.29, 0.717) is 12.0 Å². The van der Waals surface area contributed by atoms with Gasteiger partial charge in [-0.2, -0.15) is 0 Å². The van der Waals surface area contributed by atoms with E-state index in [4.69, 9.17) is 14.5 Å². The Morgan fingerprint density at radius 1 is 1.32 bits per heavy atom. The van der Waals surface area contributed by atoms with Crippen LogP contribution in [-0.2, 0) is 9.47 Å². The van der Waals surface area contributed by atoms with E-state index in [9.17, 15) is 0 Å². The molecule has 2 aliphatic rings. The Hall–Kier alpha value is -0.850. The van der Waals surface area contributed by atoms with Crippen LogP contribution in [0, 0.1) is 5.92 Å². The van der Waals surface area contributed by atoms with E-state index >= 15 is 0 Å². The topological polar surface area (TPSA) is 49.3 Å². The molecule has 6 heteroatoms. The summed E-state index contributed by atoms with van der Waals surface area (Å²) in [5.41, 5.74) is 0. The number of rotatable bonds is 6. The van der Waals surface area contributed by atoms with Gasteiger partial charge in [-0.1, -0.05) is 0 Å². The lowest BCUT2D eigenvalue weighted by Gasteiger charge is -2.32. The molecular weight excluding hydrogens is 280 g/mol. The standard InChI is InChI=1S/C16H32N4O2/c1-4-17-16(19(3)12-15-5-8-22-13-15)18-11-14(2)20-6-9-21-10-7-20/h14-15H,4-13H2,1-3H3,(H,17,18). The van der Waals surface area contributed by atoms with Crippen LogP contribution in [0.2, 0.25) is 0 Å². The molecule has 1 N–H and O–H groups in total. The summed E-state index contributed by atoms with van der Waals surface area (Å²) >= 11 is 0. The van der Waals surface area contributed by atoms with E-state index in [1.165, 1.54) is 0 Å². The molecule has 0 aromatic heterocycles. The summed E-state index contributed by atoms with van der Waals surface area (Å²) in [7, 11) is 2.12. The lowest BCUT2D eigenvalue weighted by molar-refractivity contribution is 0.0220. The quantitative estimate of drug-likeness (QED) is 0.576. The number of hydrogen-bond donors (Lipinski definition) is 1. The minimum atomic E-state index is 0.459. The van der Waals surface area contributed by atoms with Crippen molar-refractivity contribution in [2.75, 3.05) is 66.2 Å². The molecule has 2 atom stereocenters. The molecule has 0 spiro atoms. The molecule has 22 heavy (non-hydrogen) atoms. The van der Waals surface area contributed by atoms with Crippen LogP contribution in [0.25, 0.3) is 0 Å². The number of ether oxygens (including phenoxy) is 2. The molecule has 2 heterocycles. The Morgan fingerprint density at radius 3 is 2.73 bits per heavy atom. The summed E-state index contributed by atoms with van der Waals surface area (Å²) in [6, 6.07) is 0.459. The monoisotopic (exact) mass is 312 g/mol. The fourth-order valence-corrected chi connectivity index (χ4v) is 3.02. The predicted octanol–water partition coefficient (Wildman–Crippen LogP) is 0.641. The maximum Gasteiger partial charge on any atom is 0.193 e. The van der Waals surface area contributed by atoms with Crippen molar-refractivity contribution in [1.29, 1.82) is 0 Å². The van der Waals surface area contributed by atoms with Gasteiger partial charge in [0, 0.05) is 51.8 Å². The second-order valence-corrected chi connectivity index (χ2v) is 6.30. The second-order valence-electron chi connectivity index (χ2n) is 6.30. The fraction of sp³-hybridized carbons (Fsp3) is 0.938. The second kappa shape index (κ2) is 9.33. The highest BCUT2D eigenvalue weighted by molar-refractivity contribution is 5.79. The van der Waals surface area contributed by atoms with Gasteiger partial charge in [0.2, 0.25) is 0 Å². The van der Waals surface area contributed by atoms with Gasteiger partial charge in [-0.05, 0) is 20.3 Å². The first-order valence-corrected chi connectivity index (χ1v) is 8.59. The predicted molar refractivity (Wildman–Crippen MR) is 89.4 cm³/mol. The average Bonchev–Trinajstić information content (AvgIpc) is 3.04. The van der Waals surface area contributed by atoms with E-state index in [1.54, 1.807) is 0 Å². The average molecular weight is 312 g/mol. The van der Waals surface area contributed by atoms with E-state index in [1.807, 2.05) is 0 Å². The highest BCUT2D eigenvalue weighted by atomic mass is 16.5. The van der Waals surface area contributed by atoms with Crippen LogP contribution in [0.15, 0.2) is 4.99 Å². The zero-order chi connectivity index (χ0) is 15.8. The molecule has 0 aliphatic carbocycles. The Kier molecular flexibility index (Phi) is 7.42. The summed E-state index contributed by atoms with van der Waals surface area (Å²) < 4.78 is 10.9. The molecule has 0 amide bonds. The first kappa shape index (κ1) is 17.5. The maximum absolute atomic E-state index is 5.47. The molecule has 6 nitrogen and oxygen atoms in total. The number of aliphatic imine (C=N–C) groups is 1. The third-order valence-electron chi connectivity index (χ3n) is 4.43. The molecule has 2 unspecified atom stereocenters. The summed E-state index contributed by atoms with van der Waals surface area (Å²) in [5.74, 6) is 1.64. The summed E-state index contributed by atoms with van der Waals surface area (Å²) in [6.07, 6.45) is 1.16. The third-order valence-corrected chi connectivity index (χ3v) is 4.43. The largest absolute Gasteiger partial charge is 0.381 e. The zero-order valence-corrected chi connectivity index (χ0v) is 14.4. The molecule has 128 valence electrons. The SMILES string of the molecule is CCNC(=NCC(C)N1CCOCC1)N(C)CC1CCOC1. The highest BCUT2D eigenvalue weighted by Gasteiger charge is 2.20. The van der Waals surface area contributed by atoms with Crippen LogP contribution in [0.4, 0.5) is 0 Å². The van der Waals surface area contributed by atoms with Gasteiger partial charge in [0.05, 0.1) is 26.4 Å². The fourth-order valence-electron chi connectivity index (χ4n) is 3.02. The number of nitrogens with one attached hydrogen (secondary N) is 1. The molecule has 0 saturated carbocycles. The van der Waals surface area contributed by atoms with Crippen molar-refractivity contribution >= 4 is 5.96 Å². The molecule has 2 fully saturated rings. The first-order valence-electron chi connectivity index (χ1n) is 8.59. The summed E-state index contributed by atoms with van der Waals surface area (Å²) in [5, 5.41) is 3.41. The van der Waals surface area contributed by atoms with Crippen molar-refractivity contribution in [3.63, 3.8) is 0 Å². The van der Waals surface area contributed by atoms with Gasteiger partial charge in [0.1, 0.15) is 0 Å². The van der Waals surface area contributed by atoms with Crippen molar-refractivity contribution in [1.82, 2.24) is 15.1 Å². The number of guanidine groups is 1. The van der Waals surface area contributed by atoms with Crippen molar-refractivity contribution in [2.24, 2.45) is 10.9 Å². The molecule has 0 radical (unpaired) electrons. The van der Waals surface area contributed by atoms with E-state index in [2.05, 4.69) is 36.0 Å². The lowest BCUT2D eigenvalue weighted by Crippen LogP contribution is -2.45. The van der Waals surface area contributed by atoms with Crippen LogP contribution >= 0.6 is 0 Å². The smallest absolute Gasteiger partial charge is 0.193 e. The molecular formula is C16H32N4O2. The van der Waals surface area contributed by atoms with Crippen molar-refractivity contribution in [2.45, 2.75) is 26.3 Å². The normalized spacial score (nSPS) is 25.2. The Balaban J connectivity index is 1.84. The minimum Gasteiger partial charge on any atom is -0.381 e. The van der Waals surface area contributed by atoms with Crippen LogP contribution < -0.4 is 5.32 Å². The number of morpholine rings is 1. The van der Waals surface area contributed by atoms with Gasteiger partial charge >= 0.3 is 0 Å². The number of nitrogens with zero attached hydrogens (tertiary/aromatic N) is 3. The van der Waals surface area contributed by atoms with E-state index < -0.39 is 0 Å². The van der Waals surface area contributed by atoms with Gasteiger partial charge in [0.15, 0.2) is 5.96 Å². The van der Waals surface area contributed by atoms with E-state index in [0.717, 1.165) is 71.5 Å². The van der Waals surface area contributed by atoms with E-state index in [-0.39, 0.29) is 0 Å². The summed E-state index contributed by atoms with van der Waals surface area (Å²) in [4.78, 5) is 9.54.